The van der Waals surface area contributed by atoms with Crippen LogP contribution in [0.3, 0.4) is 0 Å². The van der Waals surface area contributed by atoms with E-state index >= 15 is 0 Å². The highest BCUT2D eigenvalue weighted by molar-refractivity contribution is 5.96. The van der Waals surface area contributed by atoms with Gasteiger partial charge in [0.05, 0.1) is 0 Å². The smallest absolute Gasteiger partial charge is 0.162 e. The van der Waals surface area contributed by atoms with E-state index in [-0.39, 0.29) is 5.78 Å². The standard InChI is InChI=1S/C11H14O/c1-4-11(12)10-6-8(2)5-9(3)7-10/h5-7H,4H2,1-3H3. The predicted octanol–water partition coefficient (Wildman–Crippen LogP) is 2.90. The van der Waals surface area contributed by atoms with E-state index in [1.807, 2.05) is 32.9 Å². The maximum atomic E-state index is 11.3. The van der Waals surface area contributed by atoms with Gasteiger partial charge in [0.2, 0.25) is 0 Å². The highest BCUT2D eigenvalue weighted by Gasteiger charge is 2.02. The number of Topliss-reactive ketones (excluding diaryl/α,β-unsaturated/α-hetero) is 1. The van der Waals surface area contributed by atoms with E-state index in [0.717, 1.165) is 16.7 Å². The average molecular weight is 162 g/mol. The van der Waals surface area contributed by atoms with E-state index in [4.69, 9.17) is 0 Å². The van der Waals surface area contributed by atoms with E-state index < -0.39 is 0 Å². The molecule has 0 aliphatic heterocycles. The van der Waals surface area contributed by atoms with Gasteiger partial charge in [-0.25, -0.2) is 0 Å². The number of aryl methyl sites for hydroxylation is 2. The number of hydrogen-bond acceptors (Lipinski definition) is 1. The number of benzene rings is 1. The largest absolute Gasteiger partial charge is 0.294 e. The molecule has 0 spiro atoms. The quantitative estimate of drug-likeness (QED) is 0.611. The van der Waals surface area contributed by atoms with Crippen molar-refractivity contribution in [2.75, 3.05) is 0 Å². The average Bonchev–Trinajstić information content (AvgIpc) is 2.01. The molecule has 1 rings (SSSR count). The molecule has 0 heterocycles. The summed E-state index contributed by atoms with van der Waals surface area (Å²) in [5.41, 5.74) is 3.16. The normalized spacial score (nSPS) is 9.92. The van der Waals surface area contributed by atoms with Crippen LogP contribution in [0.2, 0.25) is 0 Å². The van der Waals surface area contributed by atoms with E-state index in [2.05, 4.69) is 6.07 Å². The summed E-state index contributed by atoms with van der Waals surface area (Å²) < 4.78 is 0. The van der Waals surface area contributed by atoms with Crippen LogP contribution in [0.4, 0.5) is 0 Å². The Labute approximate surface area is 73.4 Å². The third-order valence-corrected chi connectivity index (χ3v) is 1.86. The Balaban J connectivity index is 3.08. The van der Waals surface area contributed by atoms with Gasteiger partial charge in [0.1, 0.15) is 0 Å². The summed E-state index contributed by atoms with van der Waals surface area (Å²) in [6, 6.07) is 5.96. The number of carbonyl (C=O) groups is 1. The van der Waals surface area contributed by atoms with Crippen LogP contribution in [0.15, 0.2) is 18.2 Å². The van der Waals surface area contributed by atoms with E-state index in [0.29, 0.717) is 6.42 Å². The first-order valence-corrected chi connectivity index (χ1v) is 4.25. The fourth-order valence-electron chi connectivity index (χ4n) is 1.34. The lowest BCUT2D eigenvalue weighted by molar-refractivity contribution is 0.0988. The SMILES string of the molecule is CCC(=O)c1cc(C)cc(C)c1. The third-order valence-electron chi connectivity index (χ3n) is 1.86. The van der Waals surface area contributed by atoms with Crippen molar-refractivity contribution in [1.82, 2.24) is 0 Å². The molecule has 0 amide bonds. The minimum atomic E-state index is 0.224. The maximum Gasteiger partial charge on any atom is 0.162 e. The summed E-state index contributed by atoms with van der Waals surface area (Å²) in [6.07, 6.45) is 0.586. The van der Waals surface area contributed by atoms with Crippen LogP contribution in [-0.4, -0.2) is 5.78 Å². The zero-order valence-corrected chi connectivity index (χ0v) is 7.85. The second-order valence-corrected chi connectivity index (χ2v) is 3.15. The summed E-state index contributed by atoms with van der Waals surface area (Å²) in [6.45, 7) is 5.92. The molecule has 1 nitrogen and oxygen atoms in total. The van der Waals surface area contributed by atoms with Gasteiger partial charge < -0.3 is 0 Å². The van der Waals surface area contributed by atoms with Gasteiger partial charge in [0, 0.05) is 12.0 Å². The van der Waals surface area contributed by atoms with Crippen LogP contribution >= 0.6 is 0 Å². The molecular weight excluding hydrogens is 148 g/mol. The van der Waals surface area contributed by atoms with Crippen molar-refractivity contribution >= 4 is 5.78 Å². The van der Waals surface area contributed by atoms with Crippen molar-refractivity contribution in [3.05, 3.63) is 34.9 Å². The third kappa shape index (κ3) is 1.94. The summed E-state index contributed by atoms with van der Waals surface area (Å²) in [5.74, 6) is 0.224. The molecule has 0 saturated carbocycles. The maximum absolute atomic E-state index is 11.3. The molecule has 64 valence electrons. The predicted molar refractivity (Wildman–Crippen MR) is 50.5 cm³/mol. The summed E-state index contributed by atoms with van der Waals surface area (Å²) in [5, 5.41) is 0. The Morgan fingerprint density at radius 2 is 1.67 bits per heavy atom. The van der Waals surface area contributed by atoms with Crippen LogP contribution < -0.4 is 0 Å². The molecule has 0 atom stereocenters. The molecule has 1 heteroatoms. The van der Waals surface area contributed by atoms with E-state index in [9.17, 15) is 4.79 Å². The first kappa shape index (κ1) is 8.98. The molecular formula is C11H14O. The van der Waals surface area contributed by atoms with Gasteiger partial charge in [0.25, 0.3) is 0 Å². The second kappa shape index (κ2) is 3.53. The minimum Gasteiger partial charge on any atom is -0.294 e. The topological polar surface area (TPSA) is 17.1 Å². The lowest BCUT2D eigenvalue weighted by Crippen LogP contribution is -1.97. The van der Waals surface area contributed by atoms with Gasteiger partial charge in [-0.1, -0.05) is 24.1 Å². The van der Waals surface area contributed by atoms with Gasteiger partial charge in [-0.3, -0.25) is 4.79 Å². The Morgan fingerprint density at radius 1 is 1.17 bits per heavy atom. The molecule has 0 aliphatic rings. The molecule has 0 aliphatic carbocycles. The number of rotatable bonds is 2. The van der Waals surface area contributed by atoms with Crippen LogP contribution in [0.1, 0.15) is 34.8 Å². The van der Waals surface area contributed by atoms with Crippen molar-refractivity contribution in [3.8, 4) is 0 Å². The van der Waals surface area contributed by atoms with E-state index in [1.54, 1.807) is 0 Å². The second-order valence-electron chi connectivity index (χ2n) is 3.15. The number of hydrogen-bond donors (Lipinski definition) is 0. The van der Waals surface area contributed by atoms with Crippen molar-refractivity contribution < 1.29 is 4.79 Å². The van der Waals surface area contributed by atoms with Crippen molar-refractivity contribution in [1.29, 1.82) is 0 Å². The molecule has 0 radical (unpaired) electrons. The zero-order valence-electron chi connectivity index (χ0n) is 7.85. The lowest BCUT2D eigenvalue weighted by Gasteiger charge is -2.01. The number of carbonyl (C=O) groups excluding carboxylic acids is 1. The summed E-state index contributed by atoms with van der Waals surface area (Å²) in [7, 11) is 0. The molecule has 0 aromatic heterocycles. The van der Waals surface area contributed by atoms with Crippen LogP contribution in [0, 0.1) is 13.8 Å². The van der Waals surface area contributed by atoms with Crippen LogP contribution in [0.25, 0.3) is 0 Å². The van der Waals surface area contributed by atoms with Crippen molar-refractivity contribution in [2.45, 2.75) is 27.2 Å². The Hall–Kier alpha value is -1.11. The highest BCUT2D eigenvalue weighted by atomic mass is 16.1. The highest BCUT2D eigenvalue weighted by Crippen LogP contribution is 2.10. The summed E-state index contributed by atoms with van der Waals surface area (Å²) >= 11 is 0. The monoisotopic (exact) mass is 162 g/mol. The van der Waals surface area contributed by atoms with Crippen molar-refractivity contribution in [3.63, 3.8) is 0 Å². The van der Waals surface area contributed by atoms with Gasteiger partial charge in [-0.15, -0.1) is 0 Å². The Bertz CT molecular complexity index is 280. The lowest BCUT2D eigenvalue weighted by atomic mass is 10.0. The number of ketones is 1. The molecule has 0 N–H and O–H groups in total. The molecule has 1 aromatic carbocycles. The van der Waals surface area contributed by atoms with Gasteiger partial charge in [0.15, 0.2) is 5.78 Å². The fraction of sp³-hybridized carbons (Fsp3) is 0.364. The van der Waals surface area contributed by atoms with Gasteiger partial charge >= 0.3 is 0 Å². The molecule has 0 saturated heterocycles. The molecule has 1 aromatic rings. The first-order valence-electron chi connectivity index (χ1n) is 4.25. The molecule has 12 heavy (non-hydrogen) atoms. The molecule has 0 unspecified atom stereocenters. The van der Waals surface area contributed by atoms with Crippen LogP contribution in [-0.2, 0) is 0 Å². The van der Waals surface area contributed by atoms with Gasteiger partial charge in [-0.05, 0) is 26.0 Å². The van der Waals surface area contributed by atoms with Gasteiger partial charge in [-0.2, -0.15) is 0 Å². The Kier molecular flexibility index (Phi) is 2.64. The summed E-state index contributed by atoms with van der Waals surface area (Å²) in [4.78, 5) is 11.3. The van der Waals surface area contributed by atoms with E-state index in [1.165, 1.54) is 0 Å². The fourth-order valence-corrected chi connectivity index (χ4v) is 1.34. The van der Waals surface area contributed by atoms with Crippen molar-refractivity contribution in [2.24, 2.45) is 0 Å². The molecule has 0 fully saturated rings. The van der Waals surface area contributed by atoms with Crippen LogP contribution in [0.5, 0.6) is 0 Å². The molecule has 0 bridgehead atoms. The minimum absolute atomic E-state index is 0.224. The first-order chi connectivity index (χ1) is 5.63. The zero-order chi connectivity index (χ0) is 9.14. The Morgan fingerprint density at radius 3 is 2.08 bits per heavy atom.